The second-order valence-electron chi connectivity index (χ2n) is 5.41. The van der Waals surface area contributed by atoms with Crippen LogP contribution in [-0.4, -0.2) is 43.6 Å². The number of aromatic nitrogens is 1. The van der Waals surface area contributed by atoms with Crippen molar-refractivity contribution in [1.29, 1.82) is 0 Å². The van der Waals surface area contributed by atoms with Crippen LogP contribution < -0.4 is 4.90 Å². The Bertz CT molecular complexity index is 396. The van der Waals surface area contributed by atoms with E-state index in [9.17, 15) is 4.39 Å². The molecule has 0 spiro atoms. The van der Waals surface area contributed by atoms with Gasteiger partial charge in [-0.3, -0.25) is 0 Å². The molecule has 1 aromatic heterocycles. The summed E-state index contributed by atoms with van der Waals surface area (Å²) in [6, 6.07) is 1.47. The van der Waals surface area contributed by atoms with E-state index in [1.165, 1.54) is 12.3 Å². The normalized spacial score (nSPS) is 11.4. The lowest BCUT2D eigenvalue weighted by atomic mass is 10.2. The third-order valence-corrected chi connectivity index (χ3v) is 3.04. The van der Waals surface area contributed by atoms with Crippen molar-refractivity contribution in [2.24, 2.45) is 5.92 Å². The summed E-state index contributed by atoms with van der Waals surface area (Å²) in [5.41, 5.74) is 0.751. The number of halogens is 2. The maximum absolute atomic E-state index is 13.2. The van der Waals surface area contributed by atoms with E-state index in [2.05, 4.69) is 28.6 Å². The minimum atomic E-state index is -0.337. The summed E-state index contributed by atoms with van der Waals surface area (Å²) < 4.78 is 13.2. The molecule has 1 rings (SSSR count). The zero-order valence-electron chi connectivity index (χ0n) is 12.2. The number of nitrogens with zero attached hydrogens (tertiary/aromatic N) is 3. The highest BCUT2D eigenvalue weighted by Crippen LogP contribution is 2.21. The highest BCUT2D eigenvalue weighted by Gasteiger charge is 2.15. The molecular weight excluding hydrogens is 265 g/mol. The van der Waals surface area contributed by atoms with E-state index in [-0.39, 0.29) is 11.7 Å². The molecular formula is C14H23ClFN3. The van der Waals surface area contributed by atoms with Gasteiger partial charge in [0, 0.05) is 25.2 Å². The molecule has 0 aliphatic heterocycles. The predicted octanol–water partition coefficient (Wildman–Crippen LogP) is 2.98. The van der Waals surface area contributed by atoms with Gasteiger partial charge in [0.05, 0.1) is 12.1 Å². The highest BCUT2D eigenvalue weighted by molar-refractivity contribution is 6.17. The quantitative estimate of drug-likeness (QED) is 0.719. The van der Waals surface area contributed by atoms with Crippen molar-refractivity contribution in [2.45, 2.75) is 19.7 Å². The molecule has 0 amide bonds. The molecule has 0 atom stereocenters. The van der Waals surface area contributed by atoms with Crippen LogP contribution in [0, 0.1) is 11.7 Å². The SMILES string of the molecule is CC(C)CN(CCN(C)C)c1ncc(F)cc1CCl. The van der Waals surface area contributed by atoms with E-state index in [4.69, 9.17) is 11.6 Å². The van der Waals surface area contributed by atoms with E-state index < -0.39 is 0 Å². The average Bonchev–Trinajstić information content (AvgIpc) is 2.33. The van der Waals surface area contributed by atoms with Gasteiger partial charge in [0.25, 0.3) is 0 Å². The van der Waals surface area contributed by atoms with Crippen molar-refractivity contribution in [3.05, 3.63) is 23.6 Å². The number of hydrogen-bond donors (Lipinski definition) is 0. The molecule has 0 radical (unpaired) electrons. The van der Waals surface area contributed by atoms with Gasteiger partial charge in [0.1, 0.15) is 11.6 Å². The lowest BCUT2D eigenvalue weighted by molar-refractivity contribution is 0.408. The molecule has 0 aliphatic carbocycles. The number of rotatable bonds is 7. The summed E-state index contributed by atoms with van der Waals surface area (Å²) in [5, 5.41) is 0. The molecule has 19 heavy (non-hydrogen) atoms. The Labute approximate surface area is 120 Å². The second-order valence-corrected chi connectivity index (χ2v) is 5.68. The largest absolute Gasteiger partial charge is 0.355 e. The molecule has 0 fully saturated rings. The maximum atomic E-state index is 13.2. The van der Waals surface area contributed by atoms with Gasteiger partial charge in [-0.1, -0.05) is 13.8 Å². The molecule has 0 N–H and O–H groups in total. The highest BCUT2D eigenvalue weighted by atomic mass is 35.5. The lowest BCUT2D eigenvalue weighted by Gasteiger charge is -2.28. The van der Waals surface area contributed by atoms with E-state index in [1.54, 1.807) is 0 Å². The summed E-state index contributed by atoms with van der Waals surface area (Å²) >= 11 is 5.90. The maximum Gasteiger partial charge on any atom is 0.141 e. The van der Waals surface area contributed by atoms with E-state index in [1.807, 2.05) is 14.1 Å². The molecule has 1 heterocycles. The van der Waals surface area contributed by atoms with Crippen LogP contribution in [-0.2, 0) is 5.88 Å². The topological polar surface area (TPSA) is 19.4 Å². The molecule has 5 heteroatoms. The van der Waals surface area contributed by atoms with Gasteiger partial charge in [-0.25, -0.2) is 9.37 Å². The fraction of sp³-hybridized carbons (Fsp3) is 0.643. The smallest absolute Gasteiger partial charge is 0.141 e. The Morgan fingerprint density at radius 1 is 1.32 bits per heavy atom. The van der Waals surface area contributed by atoms with E-state index in [0.717, 1.165) is 31.0 Å². The van der Waals surface area contributed by atoms with Crippen molar-refractivity contribution >= 4 is 17.4 Å². The molecule has 1 aromatic rings. The molecule has 0 unspecified atom stereocenters. The van der Waals surface area contributed by atoms with Crippen LogP contribution in [0.3, 0.4) is 0 Å². The number of pyridine rings is 1. The van der Waals surface area contributed by atoms with Crippen molar-refractivity contribution in [3.8, 4) is 0 Å². The third kappa shape index (κ3) is 5.33. The monoisotopic (exact) mass is 287 g/mol. The van der Waals surface area contributed by atoms with Crippen LogP contribution in [0.5, 0.6) is 0 Å². The molecule has 108 valence electrons. The van der Waals surface area contributed by atoms with Crippen LogP contribution in [0.2, 0.25) is 0 Å². The average molecular weight is 288 g/mol. The summed E-state index contributed by atoms with van der Waals surface area (Å²) in [6.07, 6.45) is 1.26. The standard InChI is InChI=1S/C14H23ClFN3/c1-11(2)10-19(6-5-18(3)4)14-12(8-15)7-13(16)9-17-14/h7,9,11H,5-6,8,10H2,1-4H3. The molecule has 0 saturated heterocycles. The van der Waals surface area contributed by atoms with Crippen LogP contribution in [0.4, 0.5) is 10.2 Å². The van der Waals surface area contributed by atoms with Crippen molar-refractivity contribution in [2.75, 3.05) is 38.6 Å². The minimum absolute atomic E-state index is 0.274. The fourth-order valence-corrected chi connectivity index (χ4v) is 2.10. The lowest BCUT2D eigenvalue weighted by Crippen LogP contribution is -2.35. The molecule has 0 saturated carbocycles. The zero-order valence-corrected chi connectivity index (χ0v) is 12.9. The van der Waals surface area contributed by atoms with Crippen LogP contribution >= 0.6 is 11.6 Å². The Hall–Kier alpha value is -0.870. The Morgan fingerprint density at radius 3 is 2.53 bits per heavy atom. The van der Waals surface area contributed by atoms with Crippen molar-refractivity contribution < 1.29 is 4.39 Å². The first-order chi connectivity index (χ1) is 8.93. The molecule has 0 bridgehead atoms. The Kier molecular flexibility index (Phi) is 6.52. The van der Waals surface area contributed by atoms with Crippen LogP contribution in [0.25, 0.3) is 0 Å². The Morgan fingerprint density at radius 2 is 2.00 bits per heavy atom. The van der Waals surface area contributed by atoms with Gasteiger partial charge in [0.2, 0.25) is 0 Å². The van der Waals surface area contributed by atoms with Crippen LogP contribution in [0.15, 0.2) is 12.3 Å². The first kappa shape index (κ1) is 16.2. The van der Waals surface area contributed by atoms with Gasteiger partial charge in [-0.2, -0.15) is 0 Å². The van der Waals surface area contributed by atoms with Gasteiger partial charge < -0.3 is 9.80 Å². The first-order valence-corrected chi connectivity index (χ1v) is 7.07. The van der Waals surface area contributed by atoms with E-state index >= 15 is 0 Å². The van der Waals surface area contributed by atoms with Crippen molar-refractivity contribution in [3.63, 3.8) is 0 Å². The van der Waals surface area contributed by atoms with E-state index in [0.29, 0.717) is 5.92 Å². The Balaban J connectivity index is 2.95. The first-order valence-electron chi connectivity index (χ1n) is 6.54. The fourth-order valence-electron chi connectivity index (χ4n) is 1.90. The molecule has 0 aromatic carbocycles. The molecule has 0 aliphatic rings. The number of hydrogen-bond acceptors (Lipinski definition) is 3. The minimum Gasteiger partial charge on any atom is -0.355 e. The number of anilines is 1. The summed E-state index contributed by atoms with van der Waals surface area (Å²) in [4.78, 5) is 8.53. The second kappa shape index (κ2) is 7.65. The predicted molar refractivity (Wildman–Crippen MR) is 79.4 cm³/mol. The summed E-state index contributed by atoms with van der Waals surface area (Å²) in [7, 11) is 4.07. The number of alkyl halides is 1. The van der Waals surface area contributed by atoms with Gasteiger partial charge >= 0.3 is 0 Å². The van der Waals surface area contributed by atoms with Crippen molar-refractivity contribution in [1.82, 2.24) is 9.88 Å². The summed E-state index contributed by atoms with van der Waals surface area (Å²) in [6.45, 7) is 6.98. The van der Waals surface area contributed by atoms with Gasteiger partial charge in [-0.15, -0.1) is 11.6 Å². The van der Waals surface area contributed by atoms with Crippen LogP contribution in [0.1, 0.15) is 19.4 Å². The zero-order chi connectivity index (χ0) is 14.4. The summed E-state index contributed by atoms with van der Waals surface area (Å²) in [5.74, 6) is 1.25. The third-order valence-electron chi connectivity index (χ3n) is 2.76. The molecule has 3 nitrogen and oxygen atoms in total. The van der Waals surface area contributed by atoms with Gasteiger partial charge in [0.15, 0.2) is 0 Å². The van der Waals surface area contributed by atoms with Gasteiger partial charge in [-0.05, 0) is 26.1 Å². The number of likely N-dealkylation sites (N-methyl/N-ethyl adjacent to an activating group) is 1.